The zero-order valence-electron chi connectivity index (χ0n) is 20.8. The van der Waals surface area contributed by atoms with Gasteiger partial charge in [0.1, 0.15) is 0 Å². The molecule has 0 fully saturated rings. The Kier molecular flexibility index (Phi) is 6.14. The summed E-state index contributed by atoms with van der Waals surface area (Å²) in [5, 5.41) is 2.46. The average Bonchev–Trinajstić information content (AvgIpc) is 2.95. The number of rotatable bonds is 6. The van der Waals surface area contributed by atoms with Crippen LogP contribution in [0.2, 0.25) is 0 Å². The van der Waals surface area contributed by atoms with Crippen LogP contribution in [0.1, 0.15) is 5.56 Å². The molecule has 0 spiro atoms. The van der Waals surface area contributed by atoms with Crippen LogP contribution >= 0.6 is 0 Å². The van der Waals surface area contributed by atoms with E-state index in [0.717, 1.165) is 34.1 Å². The van der Waals surface area contributed by atoms with E-state index in [-0.39, 0.29) is 0 Å². The smallest absolute Gasteiger partial charge is 0.0702 e. The molecule has 0 radical (unpaired) electrons. The van der Waals surface area contributed by atoms with Crippen LogP contribution in [0.15, 0.2) is 152 Å². The standard InChI is InChI=1S/C35H28N2/c1-27-13-12-20-32(25-27)37(33-24-23-28-14-8-9-15-29(28)26-33)35-22-11-10-21-34(35)36(30-16-4-2-5-17-30)31-18-6-3-7-19-31/h2-26H,1H3. The molecule has 6 rings (SSSR count). The predicted octanol–water partition coefficient (Wildman–Crippen LogP) is 10.1. The Balaban J connectivity index is 1.60. The summed E-state index contributed by atoms with van der Waals surface area (Å²) in [7, 11) is 0. The van der Waals surface area contributed by atoms with Crippen LogP contribution in [-0.4, -0.2) is 0 Å². The van der Waals surface area contributed by atoms with Gasteiger partial charge in [0.05, 0.1) is 11.4 Å². The van der Waals surface area contributed by atoms with E-state index in [1.54, 1.807) is 0 Å². The molecule has 6 aromatic rings. The van der Waals surface area contributed by atoms with Gasteiger partial charge in [0, 0.05) is 22.7 Å². The first-order valence-corrected chi connectivity index (χ1v) is 12.6. The van der Waals surface area contributed by atoms with Crippen molar-refractivity contribution in [3.63, 3.8) is 0 Å². The number of para-hydroxylation sites is 4. The van der Waals surface area contributed by atoms with Crippen molar-refractivity contribution in [2.24, 2.45) is 0 Å². The first-order chi connectivity index (χ1) is 18.3. The number of hydrogen-bond donors (Lipinski definition) is 0. The molecule has 0 aliphatic carbocycles. The summed E-state index contributed by atoms with van der Waals surface area (Å²) in [5.74, 6) is 0. The molecule has 0 N–H and O–H groups in total. The zero-order chi connectivity index (χ0) is 25.0. The second-order valence-electron chi connectivity index (χ2n) is 9.20. The Morgan fingerprint density at radius 2 is 0.838 bits per heavy atom. The Morgan fingerprint density at radius 3 is 1.46 bits per heavy atom. The average molecular weight is 477 g/mol. The van der Waals surface area contributed by atoms with Crippen molar-refractivity contribution in [3.8, 4) is 0 Å². The number of fused-ring (bicyclic) bond motifs is 1. The van der Waals surface area contributed by atoms with Crippen LogP contribution in [0, 0.1) is 6.92 Å². The highest BCUT2D eigenvalue weighted by Gasteiger charge is 2.21. The largest absolute Gasteiger partial charge is 0.308 e. The summed E-state index contributed by atoms with van der Waals surface area (Å²) in [6.45, 7) is 2.15. The molecule has 0 bridgehead atoms. The van der Waals surface area contributed by atoms with Gasteiger partial charge in [0.25, 0.3) is 0 Å². The molecule has 0 aromatic heterocycles. The van der Waals surface area contributed by atoms with E-state index in [9.17, 15) is 0 Å². The maximum atomic E-state index is 2.37. The second-order valence-corrected chi connectivity index (χ2v) is 9.20. The van der Waals surface area contributed by atoms with Gasteiger partial charge in [-0.15, -0.1) is 0 Å². The van der Waals surface area contributed by atoms with Crippen LogP contribution in [-0.2, 0) is 0 Å². The van der Waals surface area contributed by atoms with Crippen LogP contribution in [0.5, 0.6) is 0 Å². The van der Waals surface area contributed by atoms with Gasteiger partial charge in [0.2, 0.25) is 0 Å². The highest BCUT2D eigenvalue weighted by Crippen LogP contribution is 2.45. The molecule has 0 aliphatic rings. The van der Waals surface area contributed by atoms with Crippen LogP contribution in [0.4, 0.5) is 34.1 Å². The van der Waals surface area contributed by atoms with Gasteiger partial charge in [-0.05, 0) is 83.9 Å². The fourth-order valence-corrected chi connectivity index (χ4v) is 4.93. The predicted molar refractivity (Wildman–Crippen MR) is 158 cm³/mol. The van der Waals surface area contributed by atoms with Gasteiger partial charge < -0.3 is 9.80 Å². The molecule has 0 unspecified atom stereocenters. The van der Waals surface area contributed by atoms with Crippen molar-refractivity contribution in [1.82, 2.24) is 0 Å². The number of benzene rings is 6. The highest BCUT2D eigenvalue weighted by molar-refractivity contribution is 5.94. The normalized spacial score (nSPS) is 10.8. The summed E-state index contributed by atoms with van der Waals surface area (Å²) in [5.41, 5.74) is 7.92. The van der Waals surface area contributed by atoms with E-state index < -0.39 is 0 Å². The minimum absolute atomic E-state index is 1.11. The van der Waals surface area contributed by atoms with Crippen LogP contribution in [0.3, 0.4) is 0 Å². The van der Waals surface area contributed by atoms with E-state index in [2.05, 4.69) is 168 Å². The maximum Gasteiger partial charge on any atom is 0.0702 e. The topological polar surface area (TPSA) is 6.48 Å². The van der Waals surface area contributed by atoms with Crippen LogP contribution < -0.4 is 9.80 Å². The second kappa shape index (κ2) is 10.0. The lowest BCUT2D eigenvalue weighted by Gasteiger charge is -2.33. The number of anilines is 6. The van der Waals surface area contributed by atoms with Crippen molar-refractivity contribution >= 4 is 44.9 Å². The third-order valence-electron chi connectivity index (χ3n) is 6.64. The summed E-state index contributed by atoms with van der Waals surface area (Å²) in [4.78, 5) is 4.70. The molecule has 2 nitrogen and oxygen atoms in total. The van der Waals surface area contributed by atoms with Gasteiger partial charge in [-0.25, -0.2) is 0 Å². The first kappa shape index (κ1) is 22.6. The highest BCUT2D eigenvalue weighted by atomic mass is 15.2. The minimum Gasteiger partial charge on any atom is -0.308 e. The van der Waals surface area contributed by atoms with E-state index >= 15 is 0 Å². The van der Waals surface area contributed by atoms with Crippen molar-refractivity contribution in [3.05, 3.63) is 157 Å². The van der Waals surface area contributed by atoms with E-state index in [1.165, 1.54) is 16.3 Å². The molecule has 0 amide bonds. The third kappa shape index (κ3) is 4.57. The van der Waals surface area contributed by atoms with Crippen molar-refractivity contribution in [1.29, 1.82) is 0 Å². The van der Waals surface area contributed by atoms with Crippen molar-refractivity contribution < 1.29 is 0 Å². The lowest BCUT2D eigenvalue weighted by atomic mass is 10.1. The Labute approximate surface area is 218 Å². The fourth-order valence-electron chi connectivity index (χ4n) is 4.93. The van der Waals surface area contributed by atoms with Gasteiger partial charge in [-0.3, -0.25) is 0 Å². The molecular formula is C35H28N2. The minimum atomic E-state index is 1.11. The lowest BCUT2D eigenvalue weighted by molar-refractivity contribution is 1.22. The quantitative estimate of drug-likeness (QED) is 0.236. The van der Waals surface area contributed by atoms with Gasteiger partial charge >= 0.3 is 0 Å². The molecule has 37 heavy (non-hydrogen) atoms. The molecule has 0 atom stereocenters. The van der Waals surface area contributed by atoms with E-state index in [4.69, 9.17) is 0 Å². The van der Waals surface area contributed by atoms with Gasteiger partial charge in [0.15, 0.2) is 0 Å². The Bertz CT molecular complexity index is 1600. The summed E-state index contributed by atoms with van der Waals surface area (Å²) >= 11 is 0. The number of hydrogen-bond acceptors (Lipinski definition) is 2. The van der Waals surface area contributed by atoms with Gasteiger partial charge in [-0.2, -0.15) is 0 Å². The fraction of sp³-hybridized carbons (Fsp3) is 0.0286. The van der Waals surface area contributed by atoms with E-state index in [1.807, 2.05) is 0 Å². The summed E-state index contributed by atoms with van der Waals surface area (Å²) in [6.07, 6.45) is 0. The molecule has 0 saturated heterocycles. The monoisotopic (exact) mass is 476 g/mol. The summed E-state index contributed by atoms with van der Waals surface area (Å²) in [6, 6.07) is 53.8. The maximum absolute atomic E-state index is 2.37. The first-order valence-electron chi connectivity index (χ1n) is 12.6. The summed E-state index contributed by atoms with van der Waals surface area (Å²) < 4.78 is 0. The van der Waals surface area contributed by atoms with Crippen LogP contribution in [0.25, 0.3) is 10.8 Å². The number of nitrogens with zero attached hydrogens (tertiary/aromatic N) is 2. The molecule has 0 saturated carbocycles. The third-order valence-corrected chi connectivity index (χ3v) is 6.64. The Morgan fingerprint density at radius 1 is 0.351 bits per heavy atom. The van der Waals surface area contributed by atoms with Crippen molar-refractivity contribution in [2.75, 3.05) is 9.80 Å². The zero-order valence-corrected chi connectivity index (χ0v) is 20.8. The SMILES string of the molecule is Cc1cccc(N(c2ccc3ccccc3c2)c2ccccc2N(c2ccccc2)c2ccccc2)c1. The van der Waals surface area contributed by atoms with Crippen molar-refractivity contribution in [2.45, 2.75) is 6.92 Å². The number of aryl methyl sites for hydroxylation is 1. The molecule has 0 aliphatic heterocycles. The molecular weight excluding hydrogens is 448 g/mol. The molecule has 2 heteroatoms. The van der Waals surface area contributed by atoms with E-state index in [0.29, 0.717) is 0 Å². The van der Waals surface area contributed by atoms with Gasteiger partial charge in [-0.1, -0.05) is 91.0 Å². The molecule has 178 valence electrons. The molecule has 0 heterocycles. The lowest BCUT2D eigenvalue weighted by Crippen LogP contribution is -2.17. The molecule has 6 aromatic carbocycles. The Hall–Kier alpha value is -4.82.